The minimum Gasteiger partial charge on any atom is -0.497 e. The molecule has 1 amide bonds. The highest BCUT2D eigenvalue weighted by Crippen LogP contribution is 2.29. The van der Waals surface area contributed by atoms with Crippen molar-refractivity contribution in [1.82, 2.24) is 9.29 Å². The zero-order chi connectivity index (χ0) is 23.6. The number of carbonyl (C=O) groups excluding carboxylic acids is 1. The molecule has 0 aliphatic carbocycles. The average molecular weight is 494 g/mol. The van der Waals surface area contributed by atoms with Crippen LogP contribution >= 0.6 is 11.3 Å². The van der Waals surface area contributed by atoms with Gasteiger partial charge in [-0.05, 0) is 49.2 Å². The maximum absolute atomic E-state index is 14.0. The molecule has 0 bridgehead atoms. The lowest BCUT2D eigenvalue weighted by Gasteiger charge is -2.30. The summed E-state index contributed by atoms with van der Waals surface area (Å²) in [6.07, 6.45) is 0.734. The van der Waals surface area contributed by atoms with Crippen LogP contribution in [0.2, 0.25) is 0 Å². The Morgan fingerprint density at radius 1 is 1.15 bits per heavy atom. The maximum Gasteiger partial charge on any atom is 0.243 e. The summed E-state index contributed by atoms with van der Waals surface area (Å²) in [6.45, 7) is 0.437. The van der Waals surface area contributed by atoms with Crippen molar-refractivity contribution >= 4 is 32.4 Å². The molecule has 4 rings (SSSR count). The maximum atomic E-state index is 14.0. The van der Waals surface area contributed by atoms with E-state index < -0.39 is 21.7 Å². The molecule has 2 heterocycles. The number of anilines is 1. The van der Waals surface area contributed by atoms with Crippen molar-refractivity contribution in [3.8, 4) is 17.0 Å². The second kappa shape index (κ2) is 9.54. The Morgan fingerprint density at radius 2 is 1.85 bits per heavy atom. The lowest BCUT2D eigenvalue weighted by atomic mass is 9.97. The first-order valence-electron chi connectivity index (χ1n) is 10.1. The first kappa shape index (κ1) is 23.3. The fourth-order valence-corrected chi connectivity index (χ4v) is 5.80. The van der Waals surface area contributed by atoms with Crippen LogP contribution in [0.25, 0.3) is 11.3 Å². The number of nitrogens with one attached hydrogen (secondary N) is 1. The number of halogens is 2. The van der Waals surface area contributed by atoms with Gasteiger partial charge in [0.25, 0.3) is 0 Å². The molecule has 3 aromatic rings. The lowest BCUT2D eigenvalue weighted by Crippen LogP contribution is -2.41. The summed E-state index contributed by atoms with van der Waals surface area (Å²) < 4.78 is 59.2. The van der Waals surface area contributed by atoms with Crippen LogP contribution in [0.3, 0.4) is 0 Å². The normalized spacial score (nSPS) is 15.4. The number of hydrogen-bond donors (Lipinski definition) is 1. The van der Waals surface area contributed by atoms with Gasteiger partial charge in [-0.3, -0.25) is 4.79 Å². The molecule has 174 valence electrons. The first-order valence-corrected chi connectivity index (χ1v) is 12.5. The number of nitrogens with zero attached hydrogens (tertiary/aromatic N) is 2. The van der Waals surface area contributed by atoms with Crippen LogP contribution in [0.15, 0.2) is 52.7 Å². The number of rotatable bonds is 6. The van der Waals surface area contributed by atoms with Gasteiger partial charge in [0.2, 0.25) is 15.9 Å². The molecule has 0 atom stereocenters. The van der Waals surface area contributed by atoms with Gasteiger partial charge in [0, 0.05) is 36.0 Å². The Kier molecular flexibility index (Phi) is 6.73. The van der Waals surface area contributed by atoms with Crippen molar-refractivity contribution in [1.29, 1.82) is 0 Å². The lowest BCUT2D eigenvalue weighted by molar-refractivity contribution is -0.120. The predicted molar refractivity (Wildman–Crippen MR) is 121 cm³/mol. The summed E-state index contributed by atoms with van der Waals surface area (Å²) in [7, 11) is -2.15. The summed E-state index contributed by atoms with van der Waals surface area (Å²) >= 11 is 1.13. The van der Waals surface area contributed by atoms with Gasteiger partial charge in [-0.15, -0.1) is 11.3 Å². The Morgan fingerprint density at radius 3 is 2.48 bits per heavy atom. The first-order chi connectivity index (χ1) is 15.8. The summed E-state index contributed by atoms with van der Waals surface area (Å²) in [4.78, 5) is 17.1. The number of amides is 1. The molecule has 33 heavy (non-hydrogen) atoms. The SMILES string of the molecule is COc1ccc(S(=O)(=O)N2CCC(C(=O)Nc3nc(-c4ccc(F)cc4F)cs3)CC2)cc1. The van der Waals surface area contributed by atoms with Crippen LogP contribution in [0, 0.1) is 17.6 Å². The molecule has 1 fully saturated rings. The number of methoxy groups -OCH3 is 1. The molecule has 1 aliphatic rings. The van der Waals surface area contributed by atoms with Crippen LogP contribution in [0.5, 0.6) is 5.75 Å². The topological polar surface area (TPSA) is 88.6 Å². The van der Waals surface area contributed by atoms with Gasteiger partial charge < -0.3 is 10.1 Å². The summed E-state index contributed by atoms with van der Waals surface area (Å²) in [5.74, 6) is -1.49. The number of benzene rings is 2. The quantitative estimate of drug-likeness (QED) is 0.558. The van der Waals surface area contributed by atoms with Gasteiger partial charge in [0.1, 0.15) is 17.4 Å². The Balaban J connectivity index is 1.36. The third-order valence-electron chi connectivity index (χ3n) is 5.46. The van der Waals surface area contributed by atoms with Crippen molar-refractivity contribution in [3.63, 3.8) is 0 Å². The molecule has 1 aromatic heterocycles. The van der Waals surface area contributed by atoms with Gasteiger partial charge in [0.15, 0.2) is 5.13 Å². The molecule has 1 aliphatic heterocycles. The third kappa shape index (κ3) is 5.05. The molecule has 0 saturated carbocycles. The van der Waals surface area contributed by atoms with Crippen LogP contribution in [-0.4, -0.2) is 43.8 Å². The molecule has 1 saturated heterocycles. The van der Waals surface area contributed by atoms with E-state index in [0.29, 0.717) is 29.4 Å². The van der Waals surface area contributed by atoms with E-state index in [1.165, 1.54) is 29.6 Å². The zero-order valence-electron chi connectivity index (χ0n) is 17.6. The molecule has 0 spiro atoms. The molecule has 1 N–H and O–H groups in total. The largest absolute Gasteiger partial charge is 0.497 e. The minimum absolute atomic E-state index is 0.144. The fraction of sp³-hybridized carbons (Fsp3) is 0.273. The number of carbonyl (C=O) groups is 1. The van der Waals surface area contributed by atoms with E-state index >= 15 is 0 Å². The smallest absolute Gasteiger partial charge is 0.243 e. The van der Waals surface area contributed by atoms with Gasteiger partial charge in [0.05, 0.1) is 17.7 Å². The number of ether oxygens (including phenoxy) is 1. The van der Waals surface area contributed by atoms with Gasteiger partial charge in [-0.1, -0.05) is 0 Å². The fourth-order valence-electron chi connectivity index (χ4n) is 3.61. The molecule has 0 radical (unpaired) electrons. The van der Waals surface area contributed by atoms with E-state index in [-0.39, 0.29) is 35.4 Å². The van der Waals surface area contributed by atoms with Crippen molar-refractivity contribution in [2.45, 2.75) is 17.7 Å². The standard InChI is InChI=1S/C22H21F2N3O4S2/c1-31-16-3-5-17(6-4-16)33(29,30)27-10-8-14(9-11-27)21(28)26-22-25-20(13-32-22)18-7-2-15(23)12-19(18)24/h2-7,12-14H,8-11H2,1H3,(H,25,26,28). The van der Waals surface area contributed by atoms with Gasteiger partial charge in [-0.25, -0.2) is 22.2 Å². The Bertz CT molecular complexity index is 1250. The summed E-state index contributed by atoms with van der Waals surface area (Å²) in [5.41, 5.74) is 0.443. The summed E-state index contributed by atoms with van der Waals surface area (Å²) in [5, 5.41) is 4.60. The second-order valence-electron chi connectivity index (χ2n) is 7.51. The van der Waals surface area contributed by atoms with Crippen LogP contribution in [-0.2, 0) is 14.8 Å². The van der Waals surface area contributed by atoms with E-state index in [9.17, 15) is 22.0 Å². The van der Waals surface area contributed by atoms with E-state index in [1.807, 2.05) is 0 Å². The van der Waals surface area contributed by atoms with E-state index in [0.717, 1.165) is 23.5 Å². The van der Waals surface area contributed by atoms with Crippen molar-refractivity contribution < 1.29 is 26.7 Å². The van der Waals surface area contributed by atoms with Gasteiger partial charge >= 0.3 is 0 Å². The zero-order valence-corrected chi connectivity index (χ0v) is 19.3. The highest BCUT2D eigenvalue weighted by Gasteiger charge is 2.32. The van der Waals surface area contributed by atoms with E-state index in [4.69, 9.17) is 4.74 Å². The Labute approximate surface area is 194 Å². The number of thiazole rings is 1. The number of piperidine rings is 1. The highest BCUT2D eigenvalue weighted by molar-refractivity contribution is 7.89. The monoisotopic (exact) mass is 493 g/mol. The minimum atomic E-state index is -3.66. The molecule has 2 aromatic carbocycles. The van der Waals surface area contributed by atoms with Crippen LogP contribution < -0.4 is 10.1 Å². The van der Waals surface area contributed by atoms with E-state index in [2.05, 4.69) is 10.3 Å². The predicted octanol–water partition coefficient (Wildman–Crippen LogP) is 4.14. The average Bonchev–Trinajstić information content (AvgIpc) is 3.27. The molecular formula is C22H21F2N3O4S2. The van der Waals surface area contributed by atoms with Crippen molar-refractivity contribution in [2.24, 2.45) is 5.92 Å². The van der Waals surface area contributed by atoms with E-state index in [1.54, 1.807) is 17.5 Å². The Hall–Kier alpha value is -2.89. The third-order valence-corrected chi connectivity index (χ3v) is 8.13. The second-order valence-corrected chi connectivity index (χ2v) is 10.3. The molecule has 0 unspecified atom stereocenters. The summed E-state index contributed by atoms with van der Waals surface area (Å²) in [6, 6.07) is 9.39. The number of sulfonamides is 1. The highest BCUT2D eigenvalue weighted by atomic mass is 32.2. The van der Waals surface area contributed by atoms with Crippen LogP contribution in [0.1, 0.15) is 12.8 Å². The van der Waals surface area contributed by atoms with Crippen LogP contribution in [0.4, 0.5) is 13.9 Å². The van der Waals surface area contributed by atoms with Crippen molar-refractivity contribution in [2.75, 3.05) is 25.5 Å². The molecule has 11 heteroatoms. The van der Waals surface area contributed by atoms with Gasteiger partial charge in [-0.2, -0.15) is 4.31 Å². The van der Waals surface area contributed by atoms with Crippen molar-refractivity contribution in [3.05, 3.63) is 59.5 Å². The number of hydrogen-bond acceptors (Lipinski definition) is 6. The number of aromatic nitrogens is 1. The molecular weight excluding hydrogens is 472 g/mol. The molecule has 7 nitrogen and oxygen atoms in total.